The zero-order chi connectivity index (χ0) is 14.6. The number of hydrogen-bond acceptors (Lipinski definition) is 3. The molecule has 0 radical (unpaired) electrons. The summed E-state index contributed by atoms with van der Waals surface area (Å²) < 4.78 is 0.332. The van der Waals surface area contributed by atoms with E-state index in [2.05, 4.69) is 54.7 Å². The molecule has 2 saturated heterocycles. The zero-order valence-electron chi connectivity index (χ0n) is 13.5. The highest BCUT2D eigenvalue weighted by Gasteiger charge is 2.29. The Morgan fingerprint density at radius 2 is 2.20 bits per heavy atom. The van der Waals surface area contributed by atoms with Gasteiger partial charge in [0.25, 0.3) is 0 Å². The Hall–Kier alpha value is -0.420. The lowest BCUT2D eigenvalue weighted by Gasteiger charge is -2.39. The van der Waals surface area contributed by atoms with Crippen LogP contribution >= 0.6 is 11.8 Å². The second-order valence-electron chi connectivity index (χ2n) is 6.50. The van der Waals surface area contributed by atoms with Crippen molar-refractivity contribution in [2.24, 2.45) is 4.99 Å². The predicted molar refractivity (Wildman–Crippen MR) is 89.7 cm³/mol. The molecule has 0 aromatic heterocycles. The molecule has 2 aliphatic heterocycles. The quantitative estimate of drug-likeness (QED) is 0.637. The Balaban J connectivity index is 1.98. The molecule has 4 nitrogen and oxygen atoms in total. The largest absolute Gasteiger partial charge is 0.357 e. The zero-order valence-corrected chi connectivity index (χ0v) is 14.3. The minimum atomic E-state index is 0.332. The first-order chi connectivity index (χ1) is 9.52. The average molecular weight is 299 g/mol. The summed E-state index contributed by atoms with van der Waals surface area (Å²) in [4.78, 5) is 9.80. The first-order valence-electron chi connectivity index (χ1n) is 7.89. The van der Waals surface area contributed by atoms with Crippen LogP contribution in [0.4, 0.5) is 0 Å². The van der Waals surface area contributed by atoms with Gasteiger partial charge in [-0.25, -0.2) is 0 Å². The van der Waals surface area contributed by atoms with Crippen molar-refractivity contribution in [3.05, 3.63) is 0 Å². The van der Waals surface area contributed by atoms with Crippen LogP contribution in [-0.4, -0.2) is 72.1 Å². The molecule has 0 amide bonds. The Bertz CT molecular complexity index is 343. The van der Waals surface area contributed by atoms with Gasteiger partial charge < -0.3 is 15.1 Å². The van der Waals surface area contributed by atoms with E-state index < -0.39 is 0 Å². The molecular weight excluding hydrogens is 268 g/mol. The van der Waals surface area contributed by atoms with Crippen molar-refractivity contribution in [3.8, 4) is 0 Å². The summed E-state index contributed by atoms with van der Waals surface area (Å²) in [6.45, 7) is 12.1. The number of nitrogens with zero attached hydrogens (tertiary/aromatic N) is 3. The molecule has 0 saturated carbocycles. The van der Waals surface area contributed by atoms with E-state index in [4.69, 9.17) is 4.99 Å². The highest BCUT2D eigenvalue weighted by Crippen LogP contribution is 2.29. The van der Waals surface area contributed by atoms with Gasteiger partial charge in [-0.1, -0.05) is 0 Å². The van der Waals surface area contributed by atoms with Gasteiger partial charge in [0.2, 0.25) is 0 Å². The first-order valence-corrected chi connectivity index (χ1v) is 8.88. The normalized spacial score (nSPS) is 27.9. The van der Waals surface area contributed by atoms with Crippen LogP contribution in [0, 0.1) is 0 Å². The van der Waals surface area contributed by atoms with Gasteiger partial charge in [0, 0.05) is 36.2 Å². The Morgan fingerprint density at radius 3 is 2.80 bits per heavy atom. The smallest absolute Gasteiger partial charge is 0.194 e. The van der Waals surface area contributed by atoms with E-state index in [1.54, 1.807) is 0 Å². The summed E-state index contributed by atoms with van der Waals surface area (Å²) in [7, 11) is 2.22. The third-order valence-electron chi connectivity index (χ3n) is 4.18. The molecule has 2 fully saturated rings. The minimum absolute atomic E-state index is 0.332. The van der Waals surface area contributed by atoms with Gasteiger partial charge in [0.15, 0.2) is 5.96 Å². The maximum Gasteiger partial charge on any atom is 0.194 e. The number of likely N-dealkylation sites (N-methyl/N-ethyl adjacent to an activating group) is 1. The van der Waals surface area contributed by atoms with Crippen LogP contribution < -0.4 is 5.32 Å². The maximum absolute atomic E-state index is 4.92. The molecule has 1 N–H and O–H groups in total. The fourth-order valence-corrected chi connectivity index (χ4v) is 4.14. The maximum atomic E-state index is 4.92. The lowest BCUT2D eigenvalue weighted by molar-refractivity contribution is 0.314. The minimum Gasteiger partial charge on any atom is -0.357 e. The van der Waals surface area contributed by atoms with Gasteiger partial charge in [-0.3, -0.25) is 4.99 Å². The lowest BCUT2D eigenvalue weighted by atomic mass is 10.2. The highest BCUT2D eigenvalue weighted by molar-refractivity contribution is 8.00. The fourth-order valence-electron chi connectivity index (χ4n) is 3.02. The van der Waals surface area contributed by atoms with Crippen molar-refractivity contribution in [2.45, 2.75) is 44.4 Å². The van der Waals surface area contributed by atoms with Gasteiger partial charge >= 0.3 is 0 Å². The van der Waals surface area contributed by atoms with Gasteiger partial charge in [-0.2, -0.15) is 11.8 Å². The fraction of sp³-hybridized carbons (Fsp3) is 0.933. The van der Waals surface area contributed by atoms with Gasteiger partial charge in [-0.15, -0.1) is 0 Å². The number of thioether (sulfide) groups is 1. The molecule has 1 atom stereocenters. The molecule has 1 unspecified atom stereocenters. The number of hydrogen-bond donors (Lipinski definition) is 1. The number of likely N-dealkylation sites (tertiary alicyclic amines) is 1. The topological polar surface area (TPSA) is 30.9 Å². The van der Waals surface area contributed by atoms with Gasteiger partial charge in [-0.05, 0) is 47.2 Å². The van der Waals surface area contributed by atoms with Gasteiger partial charge in [0.05, 0.1) is 6.54 Å². The Kier molecular flexibility index (Phi) is 5.61. The molecule has 116 valence electrons. The van der Waals surface area contributed by atoms with Gasteiger partial charge in [0.1, 0.15) is 0 Å². The van der Waals surface area contributed by atoms with Crippen LogP contribution in [0.3, 0.4) is 0 Å². The van der Waals surface area contributed by atoms with E-state index in [-0.39, 0.29) is 0 Å². The van der Waals surface area contributed by atoms with Crippen molar-refractivity contribution in [1.29, 1.82) is 0 Å². The van der Waals surface area contributed by atoms with E-state index in [9.17, 15) is 0 Å². The SMILES string of the molecule is CCNC(=NCC1CCCN1C)N1CCSC(C)(C)C1. The lowest BCUT2D eigenvalue weighted by Crippen LogP contribution is -2.51. The number of guanidine groups is 1. The molecule has 0 aromatic rings. The molecule has 20 heavy (non-hydrogen) atoms. The van der Waals surface area contributed by atoms with Crippen molar-refractivity contribution < 1.29 is 0 Å². The number of nitrogens with one attached hydrogen (secondary N) is 1. The number of rotatable bonds is 3. The summed E-state index contributed by atoms with van der Waals surface area (Å²) in [5, 5.41) is 3.48. The molecule has 0 bridgehead atoms. The first kappa shape index (κ1) is 16.0. The Morgan fingerprint density at radius 1 is 1.40 bits per heavy atom. The second-order valence-corrected chi connectivity index (χ2v) is 8.30. The van der Waals surface area contributed by atoms with Crippen molar-refractivity contribution in [3.63, 3.8) is 0 Å². The molecule has 2 aliphatic rings. The highest BCUT2D eigenvalue weighted by atomic mass is 32.2. The third kappa shape index (κ3) is 4.29. The van der Waals surface area contributed by atoms with E-state index in [0.717, 1.165) is 32.1 Å². The second kappa shape index (κ2) is 7.03. The summed E-state index contributed by atoms with van der Waals surface area (Å²) in [6.07, 6.45) is 2.61. The average Bonchev–Trinajstić information content (AvgIpc) is 2.79. The number of aliphatic imine (C=N–C) groups is 1. The van der Waals surface area contributed by atoms with Crippen molar-refractivity contribution in [2.75, 3.05) is 45.5 Å². The molecule has 0 aromatic carbocycles. The van der Waals surface area contributed by atoms with Crippen LogP contribution in [0.25, 0.3) is 0 Å². The van der Waals surface area contributed by atoms with E-state index in [1.807, 2.05) is 0 Å². The molecule has 0 spiro atoms. The van der Waals surface area contributed by atoms with Crippen LogP contribution in [0.5, 0.6) is 0 Å². The van der Waals surface area contributed by atoms with Crippen LogP contribution in [0.1, 0.15) is 33.6 Å². The molecule has 5 heteroatoms. The predicted octanol–water partition coefficient (Wildman–Crippen LogP) is 1.87. The van der Waals surface area contributed by atoms with Crippen LogP contribution in [-0.2, 0) is 0 Å². The summed E-state index contributed by atoms with van der Waals surface area (Å²) in [5.41, 5.74) is 0. The standard InChI is InChI=1S/C15H30N4S/c1-5-16-14(17-11-13-7-6-8-18(13)4)19-9-10-20-15(2,3)12-19/h13H,5-12H2,1-4H3,(H,16,17). The van der Waals surface area contributed by atoms with Crippen LogP contribution in [0.15, 0.2) is 4.99 Å². The monoisotopic (exact) mass is 298 g/mol. The molecule has 0 aliphatic carbocycles. The van der Waals surface area contributed by atoms with E-state index in [1.165, 1.54) is 25.1 Å². The molecule has 2 heterocycles. The van der Waals surface area contributed by atoms with Crippen molar-refractivity contribution in [1.82, 2.24) is 15.1 Å². The summed E-state index contributed by atoms with van der Waals surface area (Å²) in [6, 6.07) is 0.635. The molecular formula is C15H30N4S. The van der Waals surface area contributed by atoms with E-state index >= 15 is 0 Å². The Labute approximate surface area is 128 Å². The summed E-state index contributed by atoms with van der Waals surface area (Å²) in [5.74, 6) is 2.31. The molecule has 2 rings (SSSR count). The van der Waals surface area contributed by atoms with E-state index in [0.29, 0.717) is 10.8 Å². The van der Waals surface area contributed by atoms with Crippen molar-refractivity contribution >= 4 is 17.7 Å². The van der Waals surface area contributed by atoms with Crippen LogP contribution in [0.2, 0.25) is 0 Å². The third-order valence-corrected chi connectivity index (χ3v) is 5.48. The summed E-state index contributed by atoms with van der Waals surface area (Å²) >= 11 is 2.07.